The van der Waals surface area contributed by atoms with E-state index in [-0.39, 0.29) is 6.17 Å². The molecular weight excluding hydrogens is 226 g/mol. The van der Waals surface area contributed by atoms with Crippen molar-refractivity contribution in [2.24, 2.45) is 4.99 Å². The molecule has 0 radical (unpaired) electrons. The van der Waals surface area contributed by atoms with E-state index >= 15 is 0 Å². The summed E-state index contributed by atoms with van der Waals surface area (Å²) in [6, 6.07) is 4.00. The van der Waals surface area contributed by atoms with Crippen molar-refractivity contribution in [3.05, 3.63) is 36.2 Å². The number of rotatable bonds is 3. The van der Waals surface area contributed by atoms with Crippen LogP contribution in [-0.4, -0.2) is 29.0 Å². The Hall–Kier alpha value is -2.14. The molecule has 1 aliphatic heterocycles. The smallest absolute Gasteiger partial charge is 0.137 e. The first kappa shape index (κ1) is 11.0. The molecule has 18 heavy (non-hydrogen) atoms. The summed E-state index contributed by atoms with van der Waals surface area (Å²) < 4.78 is 0. The molecule has 0 amide bonds. The molecule has 1 aliphatic rings. The van der Waals surface area contributed by atoms with Crippen molar-refractivity contribution in [1.82, 2.24) is 20.6 Å². The van der Waals surface area contributed by atoms with Crippen LogP contribution in [0.3, 0.4) is 0 Å². The molecule has 5 nitrogen and oxygen atoms in total. The van der Waals surface area contributed by atoms with Crippen molar-refractivity contribution in [2.75, 3.05) is 6.54 Å². The number of aromatic amines is 1. The van der Waals surface area contributed by atoms with Crippen LogP contribution in [0, 0.1) is 0 Å². The molecule has 0 bridgehead atoms. The first-order valence-corrected chi connectivity index (χ1v) is 6.04. The van der Waals surface area contributed by atoms with Crippen molar-refractivity contribution in [3.63, 3.8) is 0 Å². The number of fused-ring (bicyclic) bond motifs is 1. The fourth-order valence-corrected chi connectivity index (χ4v) is 2.10. The van der Waals surface area contributed by atoms with Crippen LogP contribution in [0.1, 0.15) is 12.5 Å². The van der Waals surface area contributed by atoms with E-state index in [1.807, 2.05) is 12.3 Å². The summed E-state index contributed by atoms with van der Waals surface area (Å²) in [5.74, 6) is 0. The van der Waals surface area contributed by atoms with Gasteiger partial charge in [-0.15, -0.1) is 0 Å². The van der Waals surface area contributed by atoms with Gasteiger partial charge < -0.3 is 10.3 Å². The molecule has 5 heteroatoms. The van der Waals surface area contributed by atoms with E-state index in [0.29, 0.717) is 0 Å². The van der Waals surface area contributed by atoms with Crippen molar-refractivity contribution >= 4 is 23.1 Å². The lowest BCUT2D eigenvalue weighted by Gasteiger charge is -2.17. The van der Waals surface area contributed by atoms with Gasteiger partial charge in [-0.2, -0.15) is 0 Å². The van der Waals surface area contributed by atoms with Gasteiger partial charge in [-0.1, -0.05) is 6.92 Å². The third kappa shape index (κ3) is 1.89. The average Bonchev–Trinajstić information content (AvgIpc) is 2.83. The van der Waals surface area contributed by atoms with E-state index in [1.165, 1.54) is 0 Å². The van der Waals surface area contributed by atoms with Crippen molar-refractivity contribution in [3.8, 4) is 0 Å². The molecule has 0 aliphatic carbocycles. The summed E-state index contributed by atoms with van der Waals surface area (Å²) in [6.45, 7) is 2.96. The monoisotopic (exact) mass is 241 g/mol. The zero-order valence-corrected chi connectivity index (χ0v) is 10.1. The summed E-state index contributed by atoms with van der Waals surface area (Å²) in [6.07, 6.45) is 7.61. The van der Waals surface area contributed by atoms with Crippen molar-refractivity contribution < 1.29 is 0 Å². The van der Waals surface area contributed by atoms with Gasteiger partial charge in [-0.3, -0.25) is 10.3 Å². The Labute approximate surface area is 105 Å². The molecule has 92 valence electrons. The second-order valence-corrected chi connectivity index (χ2v) is 4.11. The van der Waals surface area contributed by atoms with Crippen LogP contribution in [0.4, 0.5) is 0 Å². The molecule has 0 spiro atoms. The number of aliphatic imine (C=N–C) groups is 1. The fourth-order valence-electron chi connectivity index (χ4n) is 2.10. The van der Waals surface area contributed by atoms with E-state index in [4.69, 9.17) is 0 Å². The second kappa shape index (κ2) is 4.62. The Balaban J connectivity index is 1.99. The number of nitrogens with zero attached hydrogens (tertiary/aromatic N) is 2. The van der Waals surface area contributed by atoms with Gasteiger partial charge in [0.1, 0.15) is 11.8 Å². The standard InChI is InChI=1S/C13H15N5/c1-2-14-12-6-11(17-8-18-12)10-7-16-13-9(10)4-3-5-15-13/h3-8,12,14H,2H2,1H3,(H,15,16)(H,17,18). The fraction of sp³-hybridized carbons (Fsp3) is 0.231. The molecule has 3 N–H and O–H groups in total. The van der Waals surface area contributed by atoms with Crippen LogP contribution < -0.4 is 10.6 Å². The maximum absolute atomic E-state index is 4.31. The van der Waals surface area contributed by atoms with Gasteiger partial charge in [0.2, 0.25) is 0 Å². The SMILES string of the molecule is CCNC1C=C(c2c[nH]c3ncccc23)NC=N1. The highest BCUT2D eigenvalue weighted by Gasteiger charge is 2.13. The molecular formula is C13H15N5. The molecule has 0 fully saturated rings. The summed E-state index contributed by atoms with van der Waals surface area (Å²) in [5.41, 5.74) is 3.07. The maximum atomic E-state index is 4.31. The lowest BCUT2D eigenvalue weighted by atomic mass is 10.1. The van der Waals surface area contributed by atoms with Crippen LogP contribution in [0.2, 0.25) is 0 Å². The summed E-state index contributed by atoms with van der Waals surface area (Å²) in [5, 5.41) is 7.58. The quantitative estimate of drug-likeness (QED) is 0.762. The molecule has 1 atom stereocenters. The number of hydrogen-bond acceptors (Lipinski definition) is 4. The van der Waals surface area contributed by atoms with Crippen LogP contribution in [0.5, 0.6) is 0 Å². The normalized spacial score (nSPS) is 18.7. The predicted molar refractivity (Wildman–Crippen MR) is 73.2 cm³/mol. The number of pyridine rings is 1. The van der Waals surface area contributed by atoms with E-state index in [1.54, 1.807) is 12.5 Å². The number of likely N-dealkylation sites (N-methyl/N-ethyl adjacent to an activating group) is 1. The molecule has 0 saturated carbocycles. The van der Waals surface area contributed by atoms with Gasteiger partial charge in [-0.05, 0) is 24.8 Å². The van der Waals surface area contributed by atoms with Crippen molar-refractivity contribution in [1.29, 1.82) is 0 Å². The molecule has 0 aromatic carbocycles. The largest absolute Gasteiger partial charge is 0.346 e. The van der Waals surface area contributed by atoms with E-state index in [0.717, 1.165) is 28.8 Å². The Morgan fingerprint density at radius 3 is 3.28 bits per heavy atom. The third-order valence-electron chi connectivity index (χ3n) is 2.93. The minimum absolute atomic E-state index is 0.0351. The van der Waals surface area contributed by atoms with Crippen LogP contribution >= 0.6 is 0 Å². The second-order valence-electron chi connectivity index (χ2n) is 4.11. The van der Waals surface area contributed by atoms with E-state index in [2.05, 4.69) is 44.7 Å². The topological polar surface area (TPSA) is 65.1 Å². The summed E-state index contributed by atoms with van der Waals surface area (Å²) >= 11 is 0. The highest BCUT2D eigenvalue weighted by atomic mass is 15.1. The van der Waals surface area contributed by atoms with E-state index in [9.17, 15) is 0 Å². The molecule has 3 heterocycles. The van der Waals surface area contributed by atoms with E-state index < -0.39 is 0 Å². The Kier molecular flexibility index (Phi) is 2.82. The lowest BCUT2D eigenvalue weighted by molar-refractivity contribution is 0.635. The van der Waals surface area contributed by atoms with Gasteiger partial charge in [0.25, 0.3) is 0 Å². The zero-order chi connectivity index (χ0) is 12.4. The molecule has 0 saturated heterocycles. The van der Waals surface area contributed by atoms with Gasteiger partial charge in [-0.25, -0.2) is 4.98 Å². The van der Waals surface area contributed by atoms with Crippen LogP contribution in [0.25, 0.3) is 16.7 Å². The Morgan fingerprint density at radius 1 is 1.44 bits per heavy atom. The summed E-state index contributed by atoms with van der Waals surface area (Å²) in [4.78, 5) is 11.8. The third-order valence-corrected chi connectivity index (χ3v) is 2.93. The number of nitrogens with one attached hydrogen (secondary N) is 3. The molecule has 1 unspecified atom stereocenters. The maximum Gasteiger partial charge on any atom is 0.137 e. The zero-order valence-electron chi connectivity index (χ0n) is 10.1. The first-order chi connectivity index (χ1) is 8.88. The number of hydrogen-bond donors (Lipinski definition) is 3. The number of H-pyrrole nitrogens is 1. The lowest BCUT2D eigenvalue weighted by Crippen LogP contribution is -2.30. The Bertz CT molecular complexity index is 611. The molecule has 2 aromatic rings. The Morgan fingerprint density at radius 2 is 2.39 bits per heavy atom. The van der Waals surface area contributed by atoms with Gasteiger partial charge >= 0.3 is 0 Å². The minimum atomic E-state index is 0.0351. The average molecular weight is 241 g/mol. The van der Waals surface area contributed by atoms with Crippen LogP contribution in [-0.2, 0) is 0 Å². The highest BCUT2D eigenvalue weighted by molar-refractivity contribution is 5.93. The van der Waals surface area contributed by atoms with Gasteiger partial charge in [0.15, 0.2) is 0 Å². The van der Waals surface area contributed by atoms with Crippen molar-refractivity contribution in [2.45, 2.75) is 13.1 Å². The molecule has 2 aromatic heterocycles. The minimum Gasteiger partial charge on any atom is -0.346 e. The first-order valence-electron chi connectivity index (χ1n) is 6.04. The highest BCUT2D eigenvalue weighted by Crippen LogP contribution is 2.23. The van der Waals surface area contributed by atoms with Gasteiger partial charge in [0, 0.05) is 29.0 Å². The molecule has 3 rings (SSSR count). The van der Waals surface area contributed by atoms with Crippen LogP contribution in [0.15, 0.2) is 35.6 Å². The number of aromatic nitrogens is 2. The summed E-state index contributed by atoms with van der Waals surface area (Å²) in [7, 11) is 0. The predicted octanol–water partition coefficient (Wildman–Crippen LogP) is 1.47. The van der Waals surface area contributed by atoms with Gasteiger partial charge in [0.05, 0.1) is 6.34 Å².